The zero-order valence-corrected chi connectivity index (χ0v) is 6.82. The van der Waals surface area contributed by atoms with Gasteiger partial charge in [-0.2, -0.15) is 4.90 Å². The fourth-order valence-corrected chi connectivity index (χ4v) is 0.854. The van der Waals surface area contributed by atoms with Crippen molar-refractivity contribution >= 4 is 11.8 Å². The Morgan fingerprint density at radius 1 is 1.43 bits per heavy atom. The van der Waals surface area contributed by atoms with Crippen LogP contribution >= 0.6 is 0 Å². The molecule has 4 nitrogen and oxygen atoms in total. The van der Waals surface area contributed by atoms with E-state index in [4.69, 9.17) is 0 Å². The summed E-state index contributed by atoms with van der Waals surface area (Å²) in [6, 6.07) is 2.18. The van der Waals surface area contributed by atoms with E-state index in [1.807, 2.05) is 0 Å². The second-order valence-corrected chi connectivity index (χ2v) is 2.33. The van der Waals surface area contributed by atoms with Crippen LogP contribution in [0.2, 0.25) is 0 Å². The molecule has 2 amide bonds. The number of carbonyl (C=O) groups is 1. The summed E-state index contributed by atoms with van der Waals surface area (Å²) in [6.45, 7) is 0. The molecule has 0 aromatic carbocycles. The number of urea groups is 1. The SMILES string of the molecule is NC(=O)N(c1ccccn1)C(F)(F)F. The van der Waals surface area contributed by atoms with Gasteiger partial charge in [0.1, 0.15) is 5.82 Å². The molecule has 2 N–H and O–H groups in total. The largest absolute Gasteiger partial charge is 0.494 e. The van der Waals surface area contributed by atoms with Gasteiger partial charge < -0.3 is 5.73 Å². The van der Waals surface area contributed by atoms with Gasteiger partial charge in [0.2, 0.25) is 0 Å². The molecule has 0 spiro atoms. The molecule has 1 aromatic rings. The van der Waals surface area contributed by atoms with E-state index in [9.17, 15) is 18.0 Å². The Labute approximate surface area is 77.1 Å². The highest BCUT2D eigenvalue weighted by atomic mass is 19.4. The van der Waals surface area contributed by atoms with Gasteiger partial charge in [0.15, 0.2) is 0 Å². The average molecular weight is 205 g/mol. The van der Waals surface area contributed by atoms with Gasteiger partial charge >= 0.3 is 12.3 Å². The van der Waals surface area contributed by atoms with Crippen molar-refractivity contribution in [1.29, 1.82) is 0 Å². The Hall–Kier alpha value is -1.79. The topological polar surface area (TPSA) is 59.2 Å². The lowest BCUT2D eigenvalue weighted by atomic mass is 10.4. The Bertz CT molecular complexity index is 325. The Kier molecular flexibility index (Phi) is 2.59. The van der Waals surface area contributed by atoms with Crippen molar-refractivity contribution < 1.29 is 18.0 Å². The number of anilines is 1. The third-order valence-electron chi connectivity index (χ3n) is 1.35. The first kappa shape index (κ1) is 10.3. The predicted octanol–water partition coefficient (Wildman–Crippen LogP) is 1.49. The van der Waals surface area contributed by atoms with E-state index in [0.29, 0.717) is 0 Å². The predicted molar refractivity (Wildman–Crippen MR) is 42.4 cm³/mol. The van der Waals surface area contributed by atoms with Gasteiger partial charge in [-0.05, 0) is 12.1 Å². The molecule has 7 heteroatoms. The number of nitrogens with two attached hydrogens (primary N) is 1. The number of primary amides is 1. The Morgan fingerprint density at radius 2 is 2.07 bits per heavy atom. The van der Waals surface area contributed by atoms with Gasteiger partial charge in [0.05, 0.1) is 0 Å². The molecule has 1 heterocycles. The maximum atomic E-state index is 12.2. The van der Waals surface area contributed by atoms with Crippen molar-refractivity contribution in [1.82, 2.24) is 4.98 Å². The van der Waals surface area contributed by atoms with E-state index in [-0.39, 0.29) is 0 Å². The molecular formula is C7H6F3N3O. The molecule has 0 unspecified atom stereocenters. The van der Waals surface area contributed by atoms with Crippen LogP contribution in [-0.4, -0.2) is 17.3 Å². The van der Waals surface area contributed by atoms with E-state index >= 15 is 0 Å². The van der Waals surface area contributed by atoms with E-state index in [1.165, 1.54) is 12.1 Å². The highest BCUT2D eigenvalue weighted by molar-refractivity contribution is 5.90. The van der Waals surface area contributed by atoms with Gasteiger partial charge in [0, 0.05) is 6.20 Å². The van der Waals surface area contributed by atoms with E-state index < -0.39 is 23.0 Å². The normalized spacial score (nSPS) is 11.1. The molecule has 0 fully saturated rings. The number of rotatable bonds is 1. The molecule has 0 aliphatic heterocycles. The lowest BCUT2D eigenvalue weighted by Crippen LogP contribution is -2.46. The number of halogens is 3. The lowest BCUT2D eigenvalue weighted by molar-refractivity contribution is -0.121. The molecule has 0 aliphatic carbocycles. The summed E-state index contributed by atoms with van der Waals surface area (Å²) in [5, 5.41) is 0. The van der Waals surface area contributed by atoms with Crippen LogP contribution in [0.4, 0.5) is 23.8 Å². The number of carbonyl (C=O) groups excluding carboxylic acids is 1. The first-order valence-electron chi connectivity index (χ1n) is 3.50. The zero-order valence-electron chi connectivity index (χ0n) is 6.82. The fraction of sp³-hybridized carbons (Fsp3) is 0.143. The van der Waals surface area contributed by atoms with Crippen LogP contribution in [0.25, 0.3) is 0 Å². The van der Waals surface area contributed by atoms with Crippen LogP contribution < -0.4 is 10.6 Å². The van der Waals surface area contributed by atoms with E-state index in [2.05, 4.69) is 10.7 Å². The van der Waals surface area contributed by atoms with Crippen molar-refractivity contribution in [2.75, 3.05) is 4.90 Å². The quantitative estimate of drug-likeness (QED) is 0.706. The number of hydrogen-bond acceptors (Lipinski definition) is 2. The van der Waals surface area contributed by atoms with E-state index in [1.54, 1.807) is 0 Å². The van der Waals surface area contributed by atoms with Gasteiger partial charge in [-0.3, -0.25) is 0 Å². The molecule has 0 aliphatic rings. The summed E-state index contributed by atoms with van der Waals surface area (Å²) in [5.74, 6) is -0.549. The number of hydrogen-bond donors (Lipinski definition) is 1. The molecule has 0 atom stereocenters. The standard InChI is InChI=1S/C7H6F3N3O/c8-7(9,10)13(6(11)14)5-3-1-2-4-12-5/h1-4H,(H2,11,14). The van der Waals surface area contributed by atoms with Crippen molar-refractivity contribution in [3.63, 3.8) is 0 Å². The number of amides is 2. The second-order valence-electron chi connectivity index (χ2n) is 2.33. The van der Waals surface area contributed by atoms with Crippen molar-refractivity contribution in [2.45, 2.75) is 6.30 Å². The molecule has 0 bridgehead atoms. The first-order chi connectivity index (χ1) is 6.43. The molecular weight excluding hydrogens is 199 g/mol. The maximum Gasteiger partial charge on any atom is 0.494 e. The smallest absolute Gasteiger partial charge is 0.351 e. The Balaban J connectivity index is 3.08. The summed E-state index contributed by atoms with van der Waals surface area (Å²) >= 11 is 0. The third-order valence-corrected chi connectivity index (χ3v) is 1.35. The van der Waals surface area contributed by atoms with Crippen LogP contribution in [0.15, 0.2) is 24.4 Å². The summed E-state index contributed by atoms with van der Waals surface area (Å²) in [4.78, 5) is 13.4. The maximum absolute atomic E-state index is 12.2. The summed E-state index contributed by atoms with van der Waals surface area (Å²) in [5.41, 5.74) is 4.58. The monoisotopic (exact) mass is 205 g/mol. The molecule has 0 saturated heterocycles. The van der Waals surface area contributed by atoms with Gasteiger partial charge in [-0.1, -0.05) is 6.07 Å². The Morgan fingerprint density at radius 3 is 2.43 bits per heavy atom. The lowest BCUT2D eigenvalue weighted by Gasteiger charge is -2.21. The van der Waals surface area contributed by atoms with Crippen molar-refractivity contribution in [2.24, 2.45) is 5.73 Å². The summed E-state index contributed by atoms with van der Waals surface area (Å²) in [7, 11) is 0. The minimum absolute atomic E-state index is 0.535. The highest BCUT2D eigenvalue weighted by Gasteiger charge is 2.42. The molecule has 0 radical (unpaired) electrons. The zero-order chi connectivity index (χ0) is 10.8. The number of alkyl halides is 3. The average Bonchev–Trinajstić information content (AvgIpc) is 2.02. The van der Waals surface area contributed by atoms with Gasteiger partial charge in [-0.15, -0.1) is 13.2 Å². The summed E-state index contributed by atoms with van der Waals surface area (Å²) in [6.07, 6.45) is -3.72. The van der Waals surface area contributed by atoms with Gasteiger partial charge in [0.25, 0.3) is 0 Å². The van der Waals surface area contributed by atoms with Crippen molar-refractivity contribution in [3.8, 4) is 0 Å². The van der Waals surface area contributed by atoms with E-state index in [0.717, 1.165) is 12.3 Å². The number of nitrogens with zero attached hydrogens (tertiary/aromatic N) is 2. The number of aromatic nitrogens is 1. The second kappa shape index (κ2) is 3.52. The summed E-state index contributed by atoms with van der Waals surface area (Å²) < 4.78 is 36.7. The third kappa shape index (κ3) is 2.12. The number of pyridine rings is 1. The molecule has 0 saturated carbocycles. The molecule has 76 valence electrons. The highest BCUT2D eigenvalue weighted by Crippen LogP contribution is 2.25. The van der Waals surface area contributed by atoms with Crippen LogP contribution in [0.1, 0.15) is 0 Å². The first-order valence-corrected chi connectivity index (χ1v) is 3.50. The van der Waals surface area contributed by atoms with Crippen molar-refractivity contribution in [3.05, 3.63) is 24.4 Å². The molecule has 1 aromatic heterocycles. The van der Waals surface area contributed by atoms with Crippen LogP contribution in [0.5, 0.6) is 0 Å². The minimum atomic E-state index is -4.86. The molecule has 1 rings (SSSR count). The fourth-order valence-electron chi connectivity index (χ4n) is 0.854. The van der Waals surface area contributed by atoms with Crippen LogP contribution in [0, 0.1) is 0 Å². The van der Waals surface area contributed by atoms with Crippen LogP contribution in [-0.2, 0) is 0 Å². The van der Waals surface area contributed by atoms with Gasteiger partial charge in [-0.25, -0.2) is 9.78 Å². The minimum Gasteiger partial charge on any atom is -0.351 e. The molecule has 14 heavy (non-hydrogen) atoms. The van der Waals surface area contributed by atoms with Crippen LogP contribution in [0.3, 0.4) is 0 Å².